The molecule has 1 aromatic heterocycles. The van der Waals surface area contributed by atoms with Gasteiger partial charge >= 0.3 is 5.97 Å². The van der Waals surface area contributed by atoms with Crippen LogP contribution in [0.1, 0.15) is 35.7 Å². The number of likely N-dealkylation sites (tertiary alicyclic amines) is 1. The van der Waals surface area contributed by atoms with E-state index < -0.39 is 17.8 Å². The summed E-state index contributed by atoms with van der Waals surface area (Å²) in [7, 11) is 2.87. The van der Waals surface area contributed by atoms with Crippen molar-refractivity contribution in [1.29, 1.82) is 0 Å². The van der Waals surface area contributed by atoms with E-state index in [1.807, 2.05) is 42.0 Å². The minimum atomic E-state index is -0.941. The molecule has 34 heavy (non-hydrogen) atoms. The Labute approximate surface area is 197 Å². The molecule has 0 saturated carbocycles. The zero-order valence-corrected chi connectivity index (χ0v) is 19.3. The number of imidazole rings is 1. The molecule has 0 bridgehead atoms. The van der Waals surface area contributed by atoms with Crippen molar-refractivity contribution in [3.8, 4) is 11.4 Å². The Balaban J connectivity index is 1.65. The number of aryl methyl sites for hydroxylation is 1. The van der Waals surface area contributed by atoms with E-state index in [4.69, 9.17) is 9.47 Å². The average molecular weight is 464 g/mol. The van der Waals surface area contributed by atoms with E-state index in [0.717, 1.165) is 16.9 Å². The lowest BCUT2D eigenvalue weighted by Gasteiger charge is -2.34. The van der Waals surface area contributed by atoms with Crippen molar-refractivity contribution in [3.63, 3.8) is 0 Å². The highest BCUT2D eigenvalue weighted by molar-refractivity contribution is 6.00. The summed E-state index contributed by atoms with van der Waals surface area (Å²) < 4.78 is 25.9. The van der Waals surface area contributed by atoms with Gasteiger partial charge in [-0.05, 0) is 61.2 Å². The maximum atomic E-state index is 13.4. The lowest BCUT2D eigenvalue weighted by Crippen LogP contribution is -2.43. The summed E-state index contributed by atoms with van der Waals surface area (Å²) in [4.78, 5) is 31.8. The van der Waals surface area contributed by atoms with E-state index in [-0.39, 0.29) is 5.91 Å². The van der Waals surface area contributed by atoms with Crippen LogP contribution in [0.3, 0.4) is 0 Å². The molecule has 0 aliphatic carbocycles. The molecule has 1 fully saturated rings. The van der Waals surface area contributed by atoms with E-state index >= 15 is 0 Å². The van der Waals surface area contributed by atoms with Crippen LogP contribution in [0, 0.1) is 12.7 Å². The second-order valence-electron chi connectivity index (χ2n) is 8.10. The second-order valence-corrected chi connectivity index (χ2v) is 8.10. The molecule has 1 aliphatic heterocycles. The first-order valence-electron chi connectivity index (χ1n) is 10.9. The van der Waals surface area contributed by atoms with Gasteiger partial charge in [0.15, 0.2) is 6.04 Å². The third kappa shape index (κ3) is 4.71. The van der Waals surface area contributed by atoms with Crippen LogP contribution in [-0.2, 0) is 14.3 Å². The Morgan fingerprint density at radius 3 is 2.59 bits per heavy atom. The van der Waals surface area contributed by atoms with Gasteiger partial charge in [-0.25, -0.2) is 14.2 Å². The lowest BCUT2D eigenvalue weighted by atomic mass is 9.96. The van der Waals surface area contributed by atoms with Crippen molar-refractivity contribution in [2.24, 2.45) is 0 Å². The van der Waals surface area contributed by atoms with Crippen molar-refractivity contribution in [2.45, 2.75) is 25.8 Å². The predicted molar refractivity (Wildman–Crippen MR) is 125 cm³/mol. The molecule has 7 nitrogen and oxygen atoms in total. The average Bonchev–Trinajstić information content (AvgIpc) is 3.28. The molecule has 1 amide bonds. The number of hydrogen-bond acceptors (Lipinski definition) is 5. The van der Waals surface area contributed by atoms with Gasteiger partial charge in [-0.2, -0.15) is 0 Å². The molecular formula is C26H26FN3O4. The second kappa shape index (κ2) is 9.91. The smallest absolute Gasteiger partial charge is 0.333 e. The number of halogens is 1. The summed E-state index contributed by atoms with van der Waals surface area (Å²) >= 11 is 0. The Kier molecular flexibility index (Phi) is 6.77. The van der Waals surface area contributed by atoms with Crippen LogP contribution in [-0.4, -0.2) is 47.1 Å². The van der Waals surface area contributed by atoms with Crippen LogP contribution in [0.2, 0.25) is 0 Å². The number of esters is 1. The summed E-state index contributed by atoms with van der Waals surface area (Å²) in [6.45, 7) is 2.31. The van der Waals surface area contributed by atoms with Crippen LogP contribution in [0.25, 0.3) is 11.8 Å². The predicted octanol–water partition coefficient (Wildman–Crippen LogP) is 4.25. The van der Waals surface area contributed by atoms with Gasteiger partial charge in [0.2, 0.25) is 0 Å². The van der Waals surface area contributed by atoms with E-state index in [0.29, 0.717) is 36.3 Å². The van der Waals surface area contributed by atoms with Crippen molar-refractivity contribution < 1.29 is 23.5 Å². The first-order chi connectivity index (χ1) is 16.4. The standard InChI is InChI=1S/C26H26FN3O4/c1-17-15-29(16-28-17)22-11-6-18(14-23(22)33-2)13-20-5-4-12-30(25(20)31)24(26(32)34-3)19-7-9-21(27)10-8-19/h6-11,13-16,24H,4-5,12H2,1-3H3/b20-13+. The number of rotatable bonds is 6. The quantitative estimate of drug-likeness (QED) is 0.404. The van der Waals surface area contributed by atoms with E-state index in [1.54, 1.807) is 13.4 Å². The summed E-state index contributed by atoms with van der Waals surface area (Å²) in [5.74, 6) is -0.589. The lowest BCUT2D eigenvalue weighted by molar-refractivity contribution is -0.152. The van der Waals surface area contributed by atoms with Crippen molar-refractivity contribution in [2.75, 3.05) is 20.8 Å². The highest BCUT2D eigenvalue weighted by Gasteiger charge is 2.35. The highest BCUT2D eigenvalue weighted by Crippen LogP contribution is 2.31. The molecule has 4 rings (SSSR count). The molecule has 1 atom stereocenters. The van der Waals surface area contributed by atoms with Crippen LogP contribution < -0.4 is 4.74 Å². The Morgan fingerprint density at radius 2 is 1.94 bits per heavy atom. The number of benzene rings is 2. The summed E-state index contributed by atoms with van der Waals surface area (Å²) in [6, 6.07) is 10.3. The Bertz CT molecular complexity index is 1230. The molecule has 176 valence electrons. The fraction of sp³-hybridized carbons (Fsp3) is 0.269. The van der Waals surface area contributed by atoms with Crippen LogP contribution in [0.5, 0.6) is 5.75 Å². The zero-order chi connectivity index (χ0) is 24.2. The molecule has 2 aromatic carbocycles. The van der Waals surface area contributed by atoms with Gasteiger partial charge in [0.1, 0.15) is 11.6 Å². The molecule has 0 radical (unpaired) electrons. The van der Waals surface area contributed by atoms with Crippen molar-refractivity contribution in [1.82, 2.24) is 14.5 Å². The Hall–Kier alpha value is -3.94. The number of methoxy groups -OCH3 is 2. The highest BCUT2D eigenvalue weighted by atomic mass is 19.1. The number of ether oxygens (including phenoxy) is 2. The monoisotopic (exact) mass is 463 g/mol. The first-order valence-corrected chi connectivity index (χ1v) is 10.9. The van der Waals surface area contributed by atoms with Gasteiger partial charge in [0.05, 0.1) is 31.9 Å². The van der Waals surface area contributed by atoms with Gasteiger partial charge < -0.3 is 18.9 Å². The normalized spacial score (nSPS) is 15.9. The fourth-order valence-electron chi connectivity index (χ4n) is 4.16. The molecule has 3 aromatic rings. The number of hydrogen-bond donors (Lipinski definition) is 0. The third-order valence-corrected chi connectivity index (χ3v) is 5.84. The zero-order valence-electron chi connectivity index (χ0n) is 19.3. The van der Waals surface area contributed by atoms with E-state index in [2.05, 4.69) is 4.98 Å². The summed E-state index contributed by atoms with van der Waals surface area (Å²) in [5, 5.41) is 0. The number of aromatic nitrogens is 2. The number of piperidine rings is 1. The van der Waals surface area contributed by atoms with Crippen molar-refractivity contribution >= 4 is 18.0 Å². The van der Waals surface area contributed by atoms with Crippen molar-refractivity contribution in [3.05, 3.63) is 83.2 Å². The number of nitrogens with zero attached hydrogens (tertiary/aromatic N) is 3. The Morgan fingerprint density at radius 1 is 1.18 bits per heavy atom. The number of carbonyl (C=O) groups excluding carboxylic acids is 2. The minimum absolute atomic E-state index is 0.251. The van der Waals surface area contributed by atoms with Gasteiger partial charge in [-0.1, -0.05) is 18.2 Å². The molecule has 0 N–H and O–H groups in total. The minimum Gasteiger partial charge on any atom is -0.495 e. The molecule has 8 heteroatoms. The van der Waals surface area contributed by atoms with E-state index in [9.17, 15) is 14.0 Å². The fourth-order valence-corrected chi connectivity index (χ4v) is 4.16. The van der Waals surface area contributed by atoms with Crippen LogP contribution in [0.15, 0.2) is 60.6 Å². The topological polar surface area (TPSA) is 73.7 Å². The number of carbonyl (C=O) groups is 2. The van der Waals surface area contributed by atoms with Crippen LogP contribution in [0.4, 0.5) is 4.39 Å². The third-order valence-electron chi connectivity index (χ3n) is 5.84. The molecule has 0 spiro atoms. The van der Waals surface area contributed by atoms with Gasteiger partial charge in [0.25, 0.3) is 5.91 Å². The molecule has 1 unspecified atom stereocenters. The first kappa shape index (κ1) is 23.2. The summed E-state index contributed by atoms with van der Waals surface area (Å²) in [5.41, 5.74) is 3.62. The van der Waals surface area contributed by atoms with E-state index in [1.165, 1.54) is 36.3 Å². The molecule has 1 saturated heterocycles. The SMILES string of the molecule is COC(=O)C(c1ccc(F)cc1)N1CCC/C(=C\c2ccc(-n3cnc(C)c3)c(OC)c2)C1=O. The van der Waals surface area contributed by atoms with Crippen LogP contribution >= 0.6 is 0 Å². The maximum absolute atomic E-state index is 13.4. The van der Waals surface area contributed by atoms with Gasteiger partial charge in [0, 0.05) is 18.3 Å². The summed E-state index contributed by atoms with van der Waals surface area (Å²) in [6.07, 6.45) is 6.71. The molecule has 2 heterocycles. The molecular weight excluding hydrogens is 437 g/mol. The van der Waals surface area contributed by atoms with Gasteiger partial charge in [-0.15, -0.1) is 0 Å². The largest absolute Gasteiger partial charge is 0.495 e. The maximum Gasteiger partial charge on any atom is 0.333 e. The number of amides is 1. The van der Waals surface area contributed by atoms with Gasteiger partial charge in [-0.3, -0.25) is 4.79 Å². The molecule has 1 aliphatic rings.